The molecule has 0 aliphatic heterocycles. The van der Waals surface area contributed by atoms with Crippen LogP contribution in [0.4, 0.5) is 0 Å². The lowest BCUT2D eigenvalue weighted by Gasteiger charge is -2.17. The van der Waals surface area contributed by atoms with Gasteiger partial charge < -0.3 is 0 Å². The summed E-state index contributed by atoms with van der Waals surface area (Å²) in [5.41, 5.74) is 2.02. The fourth-order valence-corrected chi connectivity index (χ4v) is 3.45. The van der Waals surface area contributed by atoms with Crippen LogP contribution < -0.4 is 0 Å². The summed E-state index contributed by atoms with van der Waals surface area (Å²) in [6.45, 7) is 0. The maximum atomic E-state index is 9.94. The van der Waals surface area contributed by atoms with Gasteiger partial charge in [-0.15, -0.1) is 0 Å². The molecule has 1 atom stereocenters. The second kappa shape index (κ2) is 6.00. The Kier molecular flexibility index (Phi) is 3.69. The number of rotatable bonds is 2. The first-order chi connectivity index (χ1) is 11.8. The van der Waals surface area contributed by atoms with Crippen LogP contribution in [-0.2, 0) is 0 Å². The predicted octanol–water partition coefficient (Wildman–Crippen LogP) is 6.30. The molecule has 0 radical (unpaired) electrons. The van der Waals surface area contributed by atoms with Crippen LogP contribution in [-0.4, -0.2) is 0 Å². The highest BCUT2D eigenvalue weighted by molar-refractivity contribution is 6.30. The Morgan fingerprint density at radius 1 is 0.750 bits per heavy atom. The molecule has 0 saturated heterocycles. The fourth-order valence-electron chi connectivity index (χ4n) is 3.32. The Morgan fingerprint density at radius 3 is 1.83 bits per heavy atom. The van der Waals surface area contributed by atoms with Crippen molar-refractivity contribution in [1.82, 2.24) is 0 Å². The van der Waals surface area contributed by atoms with Gasteiger partial charge in [-0.2, -0.15) is 5.26 Å². The monoisotopic (exact) mass is 327 g/mol. The number of fused-ring (bicyclic) bond motifs is 2. The van der Waals surface area contributed by atoms with Gasteiger partial charge in [0.15, 0.2) is 0 Å². The molecule has 0 N–H and O–H groups in total. The summed E-state index contributed by atoms with van der Waals surface area (Å²) in [4.78, 5) is 0. The molecule has 0 amide bonds. The van der Waals surface area contributed by atoms with Gasteiger partial charge in [-0.25, -0.2) is 0 Å². The molecule has 1 nitrogen and oxygen atoms in total. The molecule has 0 spiro atoms. The number of nitrogens with zero attached hydrogens (tertiary/aromatic N) is 1. The molecule has 0 bridgehead atoms. The van der Waals surface area contributed by atoms with Crippen LogP contribution in [0, 0.1) is 11.3 Å². The van der Waals surface area contributed by atoms with E-state index in [-0.39, 0.29) is 5.92 Å². The third-order valence-electron chi connectivity index (χ3n) is 4.43. The molecule has 0 saturated carbocycles. The number of halogens is 1. The van der Waals surface area contributed by atoms with E-state index in [9.17, 15) is 5.26 Å². The van der Waals surface area contributed by atoms with Crippen LogP contribution in [0.1, 0.15) is 17.0 Å². The summed E-state index contributed by atoms with van der Waals surface area (Å²) < 4.78 is 0. The SMILES string of the molecule is N#CC(c1ccc(Cl)cc1)c1c2ccccc2cc2ccccc12. The topological polar surface area (TPSA) is 23.8 Å². The average Bonchev–Trinajstić information content (AvgIpc) is 2.63. The van der Waals surface area contributed by atoms with E-state index in [1.807, 2.05) is 48.5 Å². The zero-order valence-electron chi connectivity index (χ0n) is 12.9. The van der Waals surface area contributed by atoms with E-state index in [4.69, 9.17) is 11.6 Å². The normalized spacial score (nSPS) is 12.2. The Hall–Kier alpha value is -2.82. The highest BCUT2D eigenvalue weighted by atomic mass is 35.5. The Labute approximate surface area is 145 Å². The van der Waals surface area contributed by atoms with E-state index >= 15 is 0 Å². The van der Waals surface area contributed by atoms with Crippen molar-refractivity contribution in [1.29, 1.82) is 5.26 Å². The molecule has 0 aromatic heterocycles. The fraction of sp³-hybridized carbons (Fsp3) is 0.0455. The van der Waals surface area contributed by atoms with Gasteiger partial charge in [0.05, 0.1) is 12.0 Å². The molecule has 114 valence electrons. The first-order valence-corrected chi connectivity index (χ1v) is 8.21. The minimum atomic E-state index is -0.335. The van der Waals surface area contributed by atoms with Crippen molar-refractivity contribution in [3.05, 3.63) is 95.0 Å². The third-order valence-corrected chi connectivity index (χ3v) is 4.69. The van der Waals surface area contributed by atoms with Crippen molar-refractivity contribution in [3.8, 4) is 6.07 Å². The van der Waals surface area contributed by atoms with Crippen molar-refractivity contribution in [2.24, 2.45) is 0 Å². The first-order valence-electron chi connectivity index (χ1n) is 7.83. The molecule has 1 unspecified atom stereocenters. The van der Waals surface area contributed by atoms with Gasteiger partial charge in [0.25, 0.3) is 0 Å². The van der Waals surface area contributed by atoms with Gasteiger partial charge in [0.1, 0.15) is 0 Å². The lowest BCUT2D eigenvalue weighted by atomic mass is 9.85. The zero-order chi connectivity index (χ0) is 16.5. The minimum absolute atomic E-state index is 0.335. The molecule has 0 aliphatic rings. The Bertz CT molecular complexity index is 1020. The molecule has 4 aromatic carbocycles. The van der Waals surface area contributed by atoms with Crippen LogP contribution in [0.5, 0.6) is 0 Å². The summed E-state index contributed by atoms with van der Waals surface area (Å²) in [5.74, 6) is -0.335. The molecule has 0 aliphatic carbocycles. The van der Waals surface area contributed by atoms with Gasteiger partial charge in [-0.3, -0.25) is 0 Å². The van der Waals surface area contributed by atoms with E-state index in [1.165, 1.54) is 0 Å². The summed E-state index contributed by atoms with van der Waals surface area (Å²) in [5, 5.41) is 15.2. The lowest BCUT2D eigenvalue weighted by Crippen LogP contribution is -2.00. The second-order valence-corrected chi connectivity index (χ2v) is 6.28. The van der Waals surface area contributed by atoms with E-state index < -0.39 is 0 Å². The molecular formula is C22H14ClN. The van der Waals surface area contributed by atoms with Crippen molar-refractivity contribution < 1.29 is 0 Å². The van der Waals surface area contributed by atoms with Gasteiger partial charge >= 0.3 is 0 Å². The van der Waals surface area contributed by atoms with Crippen LogP contribution in [0.25, 0.3) is 21.5 Å². The van der Waals surface area contributed by atoms with E-state index in [2.05, 4.69) is 36.4 Å². The number of hydrogen-bond donors (Lipinski definition) is 0. The zero-order valence-corrected chi connectivity index (χ0v) is 13.7. The molecule has 2 heteroatoms. The van der Waals surface area contributed by atoms with Crippen LogP contribution in [0.15, 0.2) is 78.9 Å². The van der Waals surface area contributed by atoms with Crippen molar-refractivity contribution in [2.75, 3.05) is 0 Å². The van der Waals surface area contributed by atoms with Gasteiger partial charge in [-0.1, -0.05) is 72.3 Å². The van der Waals surface area contributed by atoms with Crippen molar-refractivity contribution in [3.63, 3.8) is 0 Å². The quantitative estimate of drug-likeness (QED) is 0.396. The Morgan fingerprint density at radius 2 is 1.29 bits per heavy atom. The van der Waals surface area contributed by atoms with Gasteiger partial charge in [0.2, 0.25) is 0 Å². The van der Waals surface area contributed by atoms with Crippen LogP contribution in [0.3, 0.4) is 0 Å². The van der Waals surface area contributed by atoms with Gasteiger partial charge in [-0.05, 0) is 50.9 Å². The molecule has 0 heterocycles. The molecule has 4 aromatic rings. The summed E-state index contributed by atoms with van der Waals surface area (Å²) in [6.07, 6.45) is 0. The molecule has 0 fully saturated rings. The standard InChI is InChI=1S/C22H14ClN/c23-18-11-9-15(10-12-18)21(14-24)22-19-7-3-1-5-16(19)13-17-6-2-4-8-20(17)22/h1-13,21H. The Balaban J connectivity index is 2.08. The smallest absolute Gasteiger partial charge is 0.0974 e. The highest BCUT2D eigenvalue weighted by Gasteiger charge is 2.19. The van der Waals surface area contributed by atoms with E-state index in [0.29, 0.717) is 5.02 Å². The number of hydrogen-bond acceptors (Lipinski definition) is 1. The number of benzene rings is 4. The minimum Gasteiger partial charge on any atom is -0.197 e. The summed E-state index contributed by atoms with van der Waals surface area (Å²) in [6, 6.07) is 28.7. The predicted molar refractivity (Wildman–Crippen MR) is 100 cm³/mol. The largest absolute Gasteiger partial charge is 0.197 e. The summed E-state index contributed by atoms with van der Waals surface area (Å²) in [7, 11) is 0. The molecule has 24 heavy (non-hydrogen) atoms. The van der Waals surface area contributed by atoms with E-state index in [1.54, 1.807) is 0 Å². The van der Waals surface area contributed by atoms with Crippen LogP contribution >= 0.6 is 11.6 Å². The number of nitriles is 1. The van der Waals surface area contributed by atoms with Crippen LogP contribution in [0.2, 0.25) is 5.02 Å². The van der Waals surface area contributed by atoms with E-state index in [0.717, 1.165) is 32.7 Å². The van der Waals surface area contributed by atoms with Crippen molar-refractivity contribution >= 4 is 33.1 Å². The summed E-state index contributed by atoms with van der Waals surface area (Å²) >= 11 is 6.01. The van der Waals surface area contributed by atoms with Gasteiger partial charge in [0, 0.05) is 5.02 Å². The third kappa shape index (κ3) is 2.42. The average molecular weight is 328 g/mol. The lowest BCUT2D eigenvalue weighted by molar-refractivity contribution is 1.06. The highest BCUT2D eigenvalue weighted by Crippen LogP contribution is 2.37. The first kappa shape index (κ1) is 14.8. The maximum Gasteiger partial charge on any atom is 0.0974 e. The molecule has 4 rings (SSSR count). The second-order valence-electron chi connectivity index (χ2n) is 5.85. The maximum absolute atomic E-state index is 9.94. The van der Waals surface area contributed by atoms with Crippen molar-refractivity contribution in [2.45, 2.75) is 5.92 Å². The molecular weight excluding hydrogens is 314 g/mol.